The molecule has 2 aromatic carbocycles. The van der Waals surface area contributed by atoms with E-state index in [0.29, 0.717) is 52.4 Å². The summed E-state index contributed by atoms with van der Waals surface area (Å²) in [5, 5.41) is 21.6. The van der Waals surface area contributed by atoms with Crippen molar-refractivity contribution in [2.45, 2.75) is 46.1 Å². The molecule has 1 aliphatic carbocycles. The molecule has 0 saturated heterocycles. The van der Waals surface area contributed by atoms with Crippen LogP contribution in [-0.2, 0) is 11.4 Å². The highest BCUT2D eigenvalue weighted by Crippen LogP contribution is 2.50. The summed E-state index contributed by atoms with van der Waals surface area (Å²) in [4.78, 5) is 30.9. The van der Waals surface area contributed by atoms with Crippen LogP contribution < -0.4 is 20.1 Å². The Morgan fingerprint density at radius 1 is 1.21 bits per heavy atom. The second-order valence-electron chi connectivity index (χ2n) is 11.4. The van der Waals surface area contributed by atoms with Gasteiger partial charge in [0.15, 0.2) is 5.78 Å². The molecule has 220 valence electrons. The van der Waals surface area contributed by atoms with Crippen LogP contribution in [-0.4, -0.2) is 22.8 Å². The van der Waals surface area contributed by atoms with Gasteiger partial charge in [0, 0.05) is 45.6 Å². The third-order valence-corrected chi connectivity index (χ3v) is 8.19. The van der Waals surface area contributed by atoms with Crippen molar-refractivity contribution in [3.63, 3.8) is 0 Å². The summed E-state index contributed by atoms with van der Waals surface area (Å²) < 4.78 is 12.4. The number of ketones is 1. The van der Waals surface area contributed by atoms with E-state index in [0.717, 1.165) is 10.2 Å². The van der Waals surface area contributed by atoms with Gasteiger partial charge >= 0.3 is 0 Å². The third kappa shape index (κ3) is 5.70. The number of nitrogens with two attached hydrogens (primary N) is 1. The lowest BCUT2D eigenvalue weighted by Gasteiger charge is -2.43. The van der Waals surface area contributed by atoms with Crippen molar-refractivity contribution in [3.05, 3.63) is 109 Å². The Morgan fingerprint density at radius 2 is 1.98 bits per heavy atom. The molecule has 0 radical (unpaired) electrons. The van der Waals surface area contributed by atoms with Gasteiger partial charge in [0.05, 0.1) is 29.6 Å². The maximum absolute atomic E-state index is 13.9. The van der Waals surface area contributed by atoms with Crippen LogP contribution in [0, 0.1) is 33.8 Å². The molecular formula is C32H30BrN5O5. The van der Waals surface area contributed by atoms with Gasteiger partial charge < -0.3 is 15.2 Å². The molecule has 5 rings (SSSR count). The van der Waals surface area contributed by atoms with Crippen molar-refractivity contribution < 1.29 is 19.2 Å². The molecule has 2 heterocycles. The smallest absolute Gasteiger partial charge is 0.272 e. The van der Waals surface area contributed by atoms with Gasteiger partial charge in [0.25, 0.3) is 5.69 Å². The first kappa shape index (κ1) is 29.8. The molecular weight excluding hydrogens is 614 g/mol. The molecule has 10 nitrogen and oxygen atoms in total. The maximum Gasteiger partial charge on any atom is 0.272 e. The van der Waals surface area contributed by atoms with E-state index >= 15 is 0 Å². The summed E-state index contributed by atoms with van der Waals surface area (Å²) in [6.45, 7) is 5.82. The van der Waals surface area contributed by atoms with E-state index in [9.17, 15) is 20.2 Å². The zero-order valence-electron chi connectivity index (χ0n) is 24.2. The Hall–Kier alpha value is -4.69. The van der Waals surface area contributed by atoms with Gasteiger partial charge in [-0.05, 0) is 76.7 Å². The number of allylic oxidation sites excluding steroid dienone is 3. The van der Waals surface area contributed by atoms with Crippen molar-refractivity contribution in [1.29, 1.82) is 5.26 Å². The lowest BCUT2D eigenvalue weighted by atomic mass is 9.68. The van der Waals surface area contributed by atoms with Gasteiger partial charge in [-0.2, -0.15) is 5.26 Å². The third-order valence-electron chi connectivity index (χ3n) is 7.72. The van der Waals surface area contributed by atoms with Crippen molar-refractivity contribution in [3.8, 4) is 17.6 Å². The van der Waals surface area contributed by atoms with Crippen molar-refractivity contribution in [2.24, 2.45) is 11.1 Å². The number of pyridine rings is 1. The van der Waals surface area contributed by atoms with E-state index in [2.05, 4.69) is 27.0 Å². The number of ether oxygens (including phenoxy) is 2. The first-order valence-corrected chi connectivity index (χ1v) is 14.4. The molecule has 1 aliphatic heterocycles. The first-order chi connectivity index (χ1) is 20.4. The monoisotopic (exact) mass is 643 g/mol. The van der Waals surface area contributed by atoms with Crippen LogP contribution in [0.3, 0.4) is 0 Å². The van der Waals surface area contributed by atoms with Gasteiger partial charge in [-0.1, -0.05) is 19.9 Å². The van der Waals surface area contributed by atoms with Crippen LogP contribution in [0.15, 0.2) is 81.9 Å². The number of halogens is 1. The van der Waals surface area contributed by atoms with E-state index in [4.69, 9.17) is 15.2 Å². The second-order valence-corrected chi connectivity index (χ2v) is 12.3. The fourth-order valence-electron chi connectivity index (χ4n) is 5.78. The van der Waals surface area contributed by atoms with Gasteiger partial charge in [-0.25, -0.2) is 4.98 Å². The SMILES string of the molecule is COc1ccc(C2C(C#N)=C(N)N(c3ccc(Br)cn3)C3=C2C(=O)CC(C)(C)C3)cc1COc1ccc([N+](=O)[O-])c(C)c1. The maximum atomic E-state index is 13.9. The molecule has 1 aromatic heterocycles. The van der Waals surface area contributed by atoms with E-state index in [1.807, 2.05) is 32.0 Å². The van der Waals surface area contributed by atoms with Gasteiger partial charge in [0.1, 0.15) is 29.7 Å². The minimum absolute atomic E-state index is 0.00872. The molecule has 0 saturated carbocycles. The number of hydrogen-bond acceptors (Lipinski definition) is 9. The second kappa shape index (κ2) is 11.5. The largest absolute Gasteiger partial charge is 0.496 e. The topological polar surface area (TPSA) is 145 Å². The number of methoxy groups -OCH3 is 1. The number of hydrogen-bond donors (Lipinski definition) is 1. The number of nitriles is 1. The van der Waals surface area contributed by atoms with Crippen LogP contribution in [0.5, 0.6) is 11.5 Å². The summed E-state index contributed by atoms with van der Waals surface area (Å²) in [7, 11) is 1.55. The number of aryl methyl sites for hydroxylation is 1. The van der Waals surface area contributed by atoms with Crippen LogP contribution in [0.2, 0.25) is 0 Å². The predicted molar refractivity (Wildman–Crippen MR) is 164 cm³/mol. The van der Waals surface area contributed by atoms with Crippen molar-refractivity contribution >= 4 is 33.2 Å². The van der Waals surface area contributed by atoms with E-state index in [1.165, 1.54) is 6.07 Å². The molecule has 2 aliphatic rings. The Kier molecular flexibility index (Phi) is 7.99. The Balaban J connectivity index is 1.59. The lowest BCUT2D eigenvalue weighted by Crippen LogP contribution is -2.42. The number of benzene rings is 2. The molecule has 11 heteroatoms. The summed E-state index contributed by atoms with van der Waals surface area (Å²) in [6, 6.07) is 16.0. The molecule has 1 atom stereocenters. The van der Waals surface area contributed by atoms with Gasteiger partial charge in [0.2, 0.25) is 0 Å². The molecule has 3 aromatic rings. The van der Waals surface area contributed by atoms with Crippen LogP contribution >= 0.6 is 15.9 Å². The zero-order valence-corrected chi connectivity index (χ0v) is 25.8. The number of rotatable bonds is 7. The van der Waals surface area contributed by atoms with Crippen LogP contribution in [0.1, 0.15) is 49.3 Å². The average Bonchev–Trinajstić information content (AvgIpc) is 2.95. The Morgan fingerprint density at radius 3 is 2.60 bits per heavy atom. The Bertz CT molecular complexity index is 1740. The molecule has 0 spiro atoms. The number of anilines is 1. The molecule has 0 amide bonds. The van der Waals surface area contributed by atoms with Crippen molar-refractivity contribution in [1.82, 2.24) is 4.98 Å². The fraction of sp³-hybridized carbons (Fsp3) is 0.281. The number of nitrogens with zero attached hydrogens (tertiary/aromatic N) is 4. The predicted octanol–water partition coefficient (Wildman–Crippen LogP) is 6.59. The van der Waals surface area contributed by atoms with Crippen LogP contribution in [0.4, 0.5) is 11.5 Å². The highest BCUT2D eigenvalue weighted by Gasteiger charge is 2.45. The number of carbonyl (C=O) groups excluding carboxylic acids is 1. The molecule has 2 N–H and O–H groups in total. The normalized spacial score (nSPS) is 17.8. The fourth-order valence-corrected chi connectivity index (χ4v) is 6.01. The summed E-state index contributed by atoms with van der Waals surface area (Å²) in [5.41, 5.74) is 9.78. The summed E-state index contributed by atoms with van der Waals surface area (Å²) >= 11 is 3.41. The molecule has 43 heavy (non-hydrogen) atoms. The Labute approximate surface area is 257 Å². The van der Waals surface area contributed by atoms with E-state index in [1.54, 1.807) is 49.4 Å². The van der Waals surface area contributed by atoms with Gasteiger partial charge in [-0.3, -0.25) is 19.8 Å². The minimum Gasteiger partial charge on any atom is -0.496 e. The standard InChI is InChI=1S/C32H30BrN5O5/c1-18-11-22(7-8-24(18)38(40)41)43-17-20-12-19(5-9-27(20)42-4)29-23(15-34)31(35)37(28-10-6-21(33)16-36-28)25-13-32(2,3)14-26(39)30(25)29/h5-12,16,29H,13-14,17,35H2,1-4H3. The summed E-state index contributed by atoms with van der Waals surface area (Å²) in [6.07, 6.45) is 2.54. The number of carbonyl (C=O) groups is 1. The van der Waals surface area contributed by atoms with Gasteiger partial charge in [-0.15, -0.1) is 0 Å². The van der Waals surface area contributed by atoms with Crippen molar-refractivity contribution in [2.75, 3.05) is 12.0 Å². The van der Waals surface area contributed by atoms with E-state index in [-0.39, 0.29) is 34.9 Å². The highest BCUT2D eigenvalue weighted by atomic mass is 79.9. The lowest BCUT2D eigenvalue weighted by molar-refractivity contribution is -0.385. The van der Waals surface area contributed by atoms with Crippen LogP contribution in [0.25, 0.3) is 0 Å². The molecule has 0 bridgehead atoms. The number of nitro groups is 1. The highest BCUT2D eigenvalue weighted by molar-refractivity contribution is 9.10. The number of aromatic nitrogens is 1. The first-order valence-electron chi connectivity index (χ1n) is 13.6. The van der Waals surface area contributed by atoms with E-state index < -0.39 is 10.8 Å². The number of nitro benzene ring substituents is 1. The quantitative estimate of drug-likeness (QED) is 0.222. The summed E-state index contributed by atoms with van der Waals surface area (Å²) in [5.74, 6) is 1.02. The number of Topliss-reactive ketones (excluding diaryl/α,β-unsaturated/α-hetero) is 1. The molecule has 1 unspecified atom stereocenters. The molecule has 0 fully saturated rings. The zero-order chi connectivity index (χ0) is 31.1. The average molecular weight is 645 g/mol. The minimum atomic E-state index is -0.693.